The average Bonchev–Trinajstić information content (AvgIpc) is 2.27. The van der Waals surface area contributed by atoms with Gasteiger partial charge in [0.1, 0.15) is 5.82 Å². The van der Waals surface area contributed by atoms with Crippen LogP contribution in [0.1, 0.15) is 17.3 Å². The summed E-state index contributed by atoms with van der Waals surface area (Å²) >= 11 is 2.92. The number of rotatable bonds is 4. The molecule has 1 aromatic carbocycles. The molecule has 1 atom stereocenters. The van der Waals surface area contributed by atoms with E-state index in [4.69, 9.17) is 0 Å². The molecule has 0 fully saturated rings. The Bertz CT molecular complexity index is 406. The quantitative estimate of drug-likeness (QED) is 0.370. The second-order valence-corrected chi connectivity index (χ2v) is 3.90. The number of benzene rings is 1. The number of carbonyl (C=O) groups excluding carboxylic acids is 2. The van der Waals surface area contributed by atoms with E-state index in [2.05, 4.69) is 20.7 Å². The van der Waals surface area contributed by atoms with Crippen LogP contribution >= 0.6 is 15.9 Å². The summed E-state index contributed by atoms with van der Waals surface area (Å²) in [5.74, 6) is -1.70. The number of ether oxygens (including phenoxy) is 1. The molecule has 0 bridgehead atoms. The molecule has 0 N–H and O–H groups in total. The van der Waals surface area contributed by atoms with Crippen LogP contribution in [0.25, 0.3) is 0 Å². The van der Waals surface area contributed by atoms with Crippen LogP contribution in [0.4, 0.5) is 4.39 Å². The van der Waals surface area contributed by atoms with Gasteiger partial charge in [-0.2, -0.15) is 0 Å². The Labute approximate surface area is 101 Å². The van der Waals surface area contributed by atoms with E-state index in [9.17, 15) is 14.0 Å². The second-order valence-electron chi connectivity index (χ2n) is 2.99. The van der Waals surface area contributed by atoms with Crippen molar-refractivity contribution in [3.8, 4) is 0 Å². The highest BCUT2D eigenvalue weighted by Gasteiger charge is 2.25. The highest BCUT2D eigenvalue weighted by atomic mass is 79.9. The van der Waals surface area contributed by atoms with Crippen molar-refractivity contribution in [3.63, 3.8) is 0 Å². The number of hydrogen-bond donors (Lipinski definition) is 0. The van der Waals surface area contributed by atoms with Crippen molar-refractivity contribution in [2.75, 3.05) is 6.61 Å². The molecule has 0 aliphatic carbocycles. The predicted octanol–water partition coefficient (Wildman–Crippen LogP) is 2.33. The normalized spacial score (nSPS) is 11.9. The van der Waals surface area contributed by atoms with Crippen molar-refractivity contribution in [1.82, 2.24) is 0 Å². The lowest BCUT2D eigenvalue weighted by molar-refractivity contribution is -0.141. The highest BCUT2D eigenvalue weighted by molar-refractivity contribution is 9.10. The molecule has 0 aliphatic rings. The number of hydrogen-bond acceptors (Lipinski definition) is 3. The summed E-state index contributed by atoms with van der Waals surface area (Å²) in [4.78, 5) is 21.9. The third-order valence-electron chi connectivity index (χ3n) is 1.83. The largest absolute Gasteiger partial charge is 0.465 e. The van der Waals surface area contributed by atoms with Crippen molar-refractivity contribution >= 4 is 27.7 Å². The van der Waals surface area contributed by atoms with E-state index in [1.54, 1.807) is 6.92 Å². The van der Waals surface area contributed by atoms with Crippen molar-refractivity contribution in [2.45, 2.75) is 11.8 Å². The topological polar surface area (TPSA) is 43.4 Å². The first kappa shape index (κ1) is 12.8. The second kappa shape index (κ2) is 5.75. The van der Waals surface area contributed by atoms with E-state index in [-0.39, 0.29) is 12.2 Å². The van der Waals surface area contributed by atoms with Crippen molar-refractivity contribution < 1.29 is 18.7 Å². The monoisotopic (exact) mass is 288 g/mol. The highest BCUT2D eigenvalue weighted by Crippen LogP contribution is 2.13. The van der Waals surface area contributed by atoms with E-state index in [0.29, 0.717) is 0 Å². The molecule has 86 valence electrons. The van der Waals surface area contributed by atoms with Gasteiger partial charge in [-0.15, -0.1) is 0 Å². The van der Waals surface area contributed by atoms with Gasteiger partial charge < -0.3 is 4.74 Å². The van der Waals surface area contributed by atoms with Gasteiger partial charge >= 0.3 is 5.97 Å². The van der Waals surface area contributed by atoms with Gasteiger partial charge in [0.05, 0.1) is 6.61 Å². The van der Waals surface area contributed by atoms with Crippen LogP contribution in [0.5, 0.6) is 0 Å². The molecule has 5 heteroatoms. The first-order valence-electron chi connectivity index (χ1n) is 4.66. The third kappa shape index (κ3) is 3.13. The molecule has 1 rings (SSSR count). The fourth-order valence-electron chi connectivity index (χ4n) is 1.11. The lowest BCUT2D eigenvalue weighted by atomic mass is 10.1. The maximum atomic E-state index is 12.9. The number of Topliss-reactive ketones (excluding diaryl/α,β-unsaturated/α-hetero) is 1. The molecule has 0 aromatic heterocycles. The Morgan fingerprint density at radius 2 is 2.19 bits per heavy atom. The van der Waals surface area contributed by atoms with Gasteiger partial charge in [-0.3, -0.25) is 9.59 Å². The first-order valence-corrected chi connectivity index (χ1v) is 5.58. The Morgan fingerprint density at radius 1 is 1.50 bits per heavy atom. The van der Waals surface area contributed by atoms with Crippen molar-refractivity contribution in [3.05, 3.63) is 35.6 Å². The summed E-state index contributed by atoms with van der Waals surface area (Å²) in [5.41, 5.74) is 0.134. The van der Waals surface area contributed by atoms with Gasteiger partial charge in [0.25, 0.3) is 0 Å². The van der Waals surface area contributed by atoms with Crippen LogP contribution in [-0.4, -0.2) is 23.2 Å². The number of carbonyl (C=O) groups is 2. The fraction of sp³-hybridized carbons (Fsp3) is 0.273. The first-order chi connectivity index (χ1) is 7.56. The zero-order valence-corrected chi connectivity index (χ0v) is 10.2. The van der Waals surface area contributed by atoms with Gasteiger partial charge in [-0.25, -0.2) is 4.39 Å². The molecule has 1 aromatic rings. The van der Waals surface area contributed by atoms with Crippen LogP contribution in [-0.2, 0) is 9.53 Å². The summed E-state index contributed by atoms with van der Waals surface area (Å²) in [5, 5.41) is 0. The SMILES string of the molecule is CCOC(=O)[C@@H](Br)C(=O)c1cccc(F)c1. The third-order valence-corrected chi connectivity index (χ3v) is 2.62. The summed E-state index contributed by atoms with van der Waals surface area (Å²) in [6.07, 6.45) is 0. The molecule has 0 unspecified atom stereocenters. The number of ketones is 1. The van der Waals surface area contributed by atoms with E-state index < -0.39 is 22.4 Å². The van der Waals surface area contributed by atoms with Crippen molar-refractivity contribution in [1.29, 1.82) is 0 Å². The molecule has 3 nitrogen and oxygen atoms in total. The predicted molar refractivity (Wildman–Crippen MR) is 60.1 cm³/mol. The van der Waals surface area contributed by atoms with Crippen LogP contribution < -0.4 is 0 Å². The van der Waals surface area contributed by atoms with Crippen LogP contribution in [0.3, 0.4) is 0 Å². The standard InChI is InChI=1S/C11H10BrFO3/c1-2-16-11(15)9(12)10(14)7-4-3-5-8(13)6-7/h3-6,9H,2H2,1H3/t9-/m0/s1. The van der Waals surface area contributed by atoms with Gasteiger partial charge in [0, 0.05) is 5.56 Å². The minimum atomic E-state index is -1.09. The van der Waals surface area contributed by atoms with Crippen LogP contribution in [0, 0.1) is 5.82 Å². The summed E-state index contributed by atoms with van der Waals surface area (Å²) in [7, 11) is 0. The Kier molecular flexibility index (Phi) is 4.61. The van der Waals surface area contributed by atoms with E-state index in [1.165, 1.54) is 18.2 Å². The maximum Gasteiger partial charge on any atom is 0.327 e. The summed E-state index contributed by atoms with van der Waals surface area (Å²) < 4.78 is 17.5. The minimum Gasteiger partial charge on any atom is -0.465 e. The smallest absolute Gasteiger partial charge is 0.327 e. The Balaban J connectivity index is 2.82. The number of alkyl halides is 1. The van der Waals surface area contributed by atoms with Gasteiger partial charge in [-0.1, -0.05) is 28.1 Å². The molecule has 0 spiro atoms. The number of esters is 1. The van der Waals surface area contributed by atoms with Gasteiger partial charge in [0.15, 0.2) is 10.6 Å². The molecule has 0 heterocycles. The molecular formula is C11H10BrFO3. The van der Waals surface area contributed by atoms with E-state index in [0.717, 1.165) is 6.07 Å². The molecule has 0 saturated heterocycles. The summed E-state index contributed by atoms with van der Waals surface area (Å²) in [6, 6.07) is 5.16. The fourth-order valence-corrected chi connectivity index (χ4v) is 1.51. The summed E-state index contributed by atoms with van der Waals surface area (Å²) in [6.45, 7) is 1.83. The zero-order chi connectivity index (χ0) is 12.1. The lowest BCUT2D eigenvalue weighted by Crippen LogP contribution is -2.26. The molecule has 0 aliphatic heterocycles. The van der Waals surface area contributed by atoms with E-state index >= 15 is 0 Å². The Hall–Kier alpha value is -1.23. The van der Waals surface area contributed by atoms with Crippen LogP contribution in [0.2, 0.25) is 0 Å². The molecule has 16 heavy (non-hydrogen) atoms. The Morgan fingerprint density at radius 3 is 2.75 bits per heavy atom. The average molecular weight is 289 g/mol. The van der Waals surface area contributed by atoms with Gasteiger partial charge in [0.2, 0.25) is 0 Å². The molecule has 0 radical (unpaired) electrons. The maximum absolute atomic E-state index is 12.9. The van der Waals surface area contributed by atoms with Crippen LogP contribution in [0.15, 0.2) is 24.3 Å². The van der Waals surface area contributed by atoms with E-state index in [1.807, 2.05) is 0 Å². The minimum absolute atomic E-state index is 0.134. The lowest BCUT2D eigenvalue weighted by Gasteiger charge is -2.07. The van der Waals surface area contributed by atoms with Crippen molar-refractivity contribution in [2.24, 2.45) is 0 Å². The zero-order valence-electron chi connectivity index (χ0n) is 8.57. The number of halogens is 2. The molecule has 0 saturated carbocycles. The molecular weight excluding hydrogens is 279 g/mol. The molecule has 0 amide bonds. The van der Waals surface area contributed by atoms with Gasteiger partial charge in [-0.05, 0) is 19.1 Å².